The smallest absolute Gasteiger partial charge is 0.157 e. The molecule has 5 heteroatoms. The highest BCUT2D eigenvalue weighted by Gasteiger charge is 2.43. The van der Waals surface area contributed by atoms with Crippen molar-refractivity contribution >= 4 is 38.7 Å². The molecule has 0 aromatic heterocycles. The Morgan fingerprint density at radius 2 is 2.10 bits per heavy atom. The molecule has 1 aromatic rings. The van der Waals surface area contributed by atoms with Gasteiger partial charge in [0.15, 0.2) is 5.78 Å². The molecule has 21 heavy (non-hydrogen) atoms. The van der Waals surface area contributed by atoms with E-state index >= 15 is 0 Å². The first kappa shape index (κ1) is 18.7. The van der Waals surface area contributed by atoms with E-state index in [1.807, 2.05) is 26.2 Å². The van der Waals surface area contributed by atoms with E-state index in [9.17, 15) is 4.79 Å². The largest absolute Gasteiger partial charge is 0.497 e. The lowest BCUT2D eigenvalue weighted by molar-refractivity contribution is -0.124. The maximum Gasteiger partial charge on any atom is 0.157 e. The minimum absolute atomic E-state index is 0. The van der Waals surface area contributed by atoms with Gasteiger partial charge in [0, 0.05) is 0 Å². The number of ketones is 1. The van der Waals surface area contributed by atoms with Gasteiger partial charge < -0.3 is 9.64 Å². The summed E-state index contributed by atoms with van der Waals surface area (Å²) in [5.74, 6) is 1.10. The fourth-order valence-corrected chi connectivity index (χ4v) is 3.70. The zero-order valence-electron chi connectivity index (χ0n) is 13.0. The van der Waals surface area contributed by atoms with E-state index in [1.54, 1.807) is 7.11 Å². The molecule has 1 aliphatic carbocycles. The molecule has 2 rings (SSSR count). The Kier molecular flexibility index (Phi) is 6.44. The van der Waals surface area contributed by atoms with Crippen LogP contribution >= 0.6 is 32.9 Å². The third-order valence-electron chi connectivity index (χ3n) is 4.20. The summed E-state index contributed by atoms with van der Waals surface area (Å²) in [5.41, 5.74) is 1.92. The molecule has 0 heterocycles. The summed E-state index contributed by atoms with van der Waals surface area (Å²) >= 11 is 3.55. The van der Waals surface area contributed by atoms with Crippen molar-refractivity contribution in [1.29, 1.82) is 0 Å². The van der Waals surface area contributed by atoms with Gasteiger partial charge in [-0.3, -0.25) is 4.79 Å². The number of methoxy groups -OCH3 is 1. The molecule has 0 radical (unpaired) electrons. The molecule has 0 aliphatic heterocycles. The van der Waals surface area contributed by atoms with Crippen LogP contribution in [-0.4, -0.2) is 43.3 Å². The van der Waals surface area contributed by atoms with E-state index in [-0.39, 0.29) is 27.6 Å². The minimum atomic E-state index is -0.444. The summed E-state index contributed by atoms with van der Waals surface area (Å²) in [6.45, 7) is 2.95. The monoisotopic (exact) mass is 419 g/mol. The van der Waals surface area contributed by atoms with Crippen LogP contribution in [0.3, 0.4) is 0 Å². The number of fused-ring (bicyclic) bond motifs is 1. The van der Waals surface area contributed by atoms with E-state index in [0.29, 0.717) is 0 Å². The van der Waals surface area contributed by atoms with Crippen molar-refractivity contribution in [3.05, 3.63) is 29.3 Å². The van der Waals surface area contributed by atoms with Crippen LogP contribution in [0.15, 0.2) is 18.2 Å². The highest BCUT2D eigenvalue weighted by Crippen LogP contribution is 2.41. The Morgan fingerprint density at radius 3 is 2.67 bits per heavy atom. The third kappa shape index (κ3) is 3.69. The third-order valence-corrected chi connectivity index (χ3v) is 4.94. The number of carbonyl (C=O) groups excluding carboxylic acids is 1. The van der Waals surface area contributed by atoms with Gasteiger partial charge in [0.1, 0.15) is 5.75 Å². The van der Waals surface area contributed by atoms with E-state index in [1.165, 1.54) is 5.56 Å². The number of Topliss-reactive ketones (excluding diaryl/α,β-unsaturated/α-hetero) is 1. The molecule has 2 unspecified atom stereocenters. The van der Waals surface area contributed by atoms with Gasteiger partial charge in [-0.1, -0.05) is 22.0 Å². The molecule has 3 nitrogen and oxygen atoms in total. The van der Waals surface area contributed by atoms with Crippen LogP contribution in [0, 0.1) is 0 Å². The molecule has 0 saturated heterocycles. The first-order valence-electron chi connectivity index (χ1n) is 6.89. The van der Waals surface area contributed by atoms with Gasteiger partial charge in [0.05, 0.1) is 17.4 Å². The standard InChI is InChI=1S/C16H22BrNO2.BrH/c1-16(7-8-18(2)3)13-10-12(20-4)6-5-11(13)9-14(17)15(16)19;/h5-6,10,14H,7-9H2,1-4H3;1H. The number of hydrogen-bond donors (Lipinski definition) is 0. The second-order valence-electron chi connectivity index (χ2n) is 5.94. The van der Waals surface area contributed by atoms with Crippen LogP contribution in [0.5, 0.6) is 5.75 Å². The van der Waals surface area contributed by atoms with Crippen LogP contribution in [-0.2, 0) is 16.6 Å². The Morgan fingerprint density at radius 1 is 1.43 bits per heavy atom. The topological polar surface area (TPSA) is 29.5 Å². The van der Waals surface area contributed by atoms with Crippen LogP contribution < -0.4 is 4.74 Å². The van der Waals surface area contributed by atoms with Gasteiger partial charge in [0.2, 0.25) is 0 Å². The number of alkyl halides is 1. The second-order valence-corrected chi connectivity index (χ2v) is 7.05. The highest BCUT2D eigenvalue weighted by atomic mass is 79.9. The lowest BCUT2D eigenvalue weighted by Gasteiger charge is -2.37. The molecule has 0 fully saturated rings. The molecular formula is C16H23Br2NO2. The average Bonchev–Trinajstić information content (AvgIpc) is 2.43. The average molecular weight is 421 g/mol. The molecule has 118 valence electrons. The molecule has 0 saturated carbocycles. The molecular weight excluding hydrogens is 398 g/mol. The fraction of sp³-hybridized carbons (Fsp3) is 0.562. The van der Waals surface area contributed by atoms with Gasteiger partial charge in [0.25, 0.3) is 0 Å². The maximum atomic E-state index is 12.7. The summed E-state index contributed by atoms with van der Waals surface area (Å²) in [6, 6.07) is 6.09. The molecule has 2 atom stereocenters. The summed E-state index contributed by atoms with van der Waals surface area (Å²) in [4.78, 5) is 14.7. The molecule has 0 N–H and O–H groups in total. The van der Waals surface area contributed by atoms with E-state index < -0.39 is 5.41 Å². The van der Waals surface area contributed by atoms with Crippen molar-refractivity contribution in [2.75, 3.05) is 27.7 Å². The summed E-state index contributed by atoms with van der Waals surface area (Å²) in [7, 11) is 5.74. The lowest BCUT2D eigenvalue weighted by atomic mass is 9.68. The first-order chi connectivity index (χ1) is 9.38. The second kappa shape index (κ2) is 7.25. The van der Waals surface area contributed by atoms with Crippen LogP contribution in [0.2, 0.25) is 0 Å². The van der Waals surface area contributed by atoms with Crippen molar-refractivity contribution in [1.82, 2.24) is 4.90 Å². The molecule has 0 amide bonds. The molecule has 0 spiro atoms. The number of carbonyl (C=O) groups is 1. The molecule has 0 bridgehead atoms. The fourth-order valence-electron chi connectivity index (χ4n) is 2.84. The molecule has 1 aromatic carbocycles. The summed E-state index contributed by atoms with van der Waals surface area (Å²) in [5, 5.41) is 0. The van der Waals surface area contributed by atoms with Crippen molar-refractivity contribution < 1.29 is 9.53 Å². The number of ether oxygens (including phenoxy) is 1. The van der Waals surface area contributed by atoms with E-state index in [2.05, 4.69) is 33.8 Å². The number of halogens is 2. The van der Waals surface area contributed by atoms with Crippen molar-refractivity contribution in [3.63, 3.8) is 0 Å². The first-order valence-corrected chi connectivity index (χ1v) is 7.80. The van der Waals surface area contributed by atoms with Gasteiger partial charge in [-0.25, -0.2) is 0 Å². The van der Waals surface area contributed by atoms with Gasteiger partial charge in [-0.15, -0.1) is 17.0 Å². The Labute approximate surface area is 145 Å². The van der Waals surface area contributed by atoms with Crippen molar-refractivity contribution in [2.45, 2.75) is 30.0 Å². The van der Waals surface area contributed by atoms with Gasteiger partial charge in [-0.2, -0.15) is 0 Å². The summed E-state index contributed by atoms with van der Waals surface area (Å²) in [6.07, 6.45) is 1.58. The van der Waals surface area contributed by atoms with E-state index in [4.69, 9.17) is 4.74 Å². The Hall–Kier alpha value is -0.390. The summed E-state index contributed by atoms with van der Waals surface area (Å²) < 4.78 is 5.33. The number of hydrogen-bond acceptors (Lipinski definition) is 3. The highest BCUT2D eigenvalue weighted by molar-refractivity contribution is 9.10. The van der Waals surface area contributed by atoms with Gasteiger partial charge in [-0.05, 0) is 63.7 Å². The van der Waals surface area contributed by atoms with Crippen LogP contribution in [0.1, 0.15) is 24.5 Å². The molecule has 1 aliphatic rings. The number of rotatable bonds is 4. The van der Waals surface area contributed by atoms with Crippen LogP contribution in [0.25, 0.3) is 0 Å². The Bertz CT molecular complexity index is 519. The number of nitrogens with zero attached hydrogens (tertiary/aromatic N) is 1. The zero-order valence-corrected chi connectivity index (χ0v) is 16.3. The zero-order chi connectivity index (χ0) is 14.9. The quantitative estimate of drug-likeness (QED) is 0.699. The normalized spacial score (nSPS) is 24.5. The maximum absolute atomic E-state index is 12.7. The Balaban J connectivity index is 0.00000220. The predicted molar refractivity (Wildman–Crippen MR) is 95.3 cm³/mol. The number of benzene rings is 1. The lowest BCUT2D eigenvalue weighted by Crippen LogP contribution is -2.45. The van der Waals surface area contributed by atoms with Crippen LogP contribution in [0.4, 0.5) is 0 Å². The predicted octanol–water partition coefficient (Wildman–Crippen LogP) is 3.37. The minimum Gasteiger partial charge on any atom is -0.497 e. The van der Waals surface area contributed by atoms with Crippen molar-refractivity contribution in [3.8, 4) is 5.75 Å². The van der Waals surface area contributed by atoms with E-state index in [0.717, 1.165) is 30.7 Å². The van der Waals surface area contributed by atoms with Crippen molar-refractivity contribution in [2.24, 2.45) is 0 Å². The van der Waals surface area contributed by atoms with Gasteiger partial charge >= 0.3 is 0 Å². The SMILES string of the molecule is Br.COc1ccc2c(c1)C(C)(CCN(C)C)C(=O)C(Br)C2.